The zero-order valence-corrected chi connectivity index (χ0v) is 8.37. The Labute approximate surface area is 84.6 Å². The molecule has 14 heavy (non-hydrogen) atoms. The summed E-state index contributed by atoms with van der Waals surface area (Å²) < 4.78 is 5.54. The molecule has 0 aromatic rings. The van der Waals surface area contributed by atoms with Crippen LogP contribution in [0, 0.1) is 11.8 Å². The van der Waals surface area contributed by atoms with E-state index in [0.29, 0.717) is 18.3 Å². The van der Waals surface area contributed by atoms with Crippen molar-refractivity contribution in [2.45, 2.75) is 31.3 Å². The monoisotopic (exact) mass is 192 g/mol. The molecule has 2 aliphatic rings. The molecule has 1 saturated heterocycles. The molecule has 1 heterocycles. The first-order valence-electron chi connectivity index (χ1n) is 5.20. The highest BCUT2D eigenvalue weighted by Crippen LogP contribution is 2.50. The number of carbonyl (C=O) groups is 1. The van der Waals surface area contributed by atoms with Crippen molar-refractivity contribution in [3.8, 4) is 0 Å². The second-order valence-electron chi connectivity index (χ2n) is 4.19. The molecular weight excluding hydrogens is 176 g/mol. The minimum absolute atomic E-state index is 0.0643. The number of carbonyl (C=O) groups excluding carboxylic acids is 1. The summed E-state index contributed by atoms with van der Waals surface area (Å²) in [7, 11) is 0. The van der Waals surface area contributed by atoms with Gasteiger partial charge >= 0.3 is 5.97 Å². The Morgan fingerprint density at radius 3 is 2.21 bits per heavy atom. The number of hydrogen-bond donors (Lipinski definition) is 0. The third-order valence-electron chi connectivity index (χ3n) is 3.64. The molecule has 0 N–H and O–H groups in total. The summed E-state index contributed by atoms with van der Waals surface area (Å²) in [5.74, 6) is 0.569. The zero-order chi connectivity index (χ0) is 10.2. The van der Waals surface area contributed by atoms with E-state index in [1.54, 1.807) is 0 Å². The lowest BCUT2D eigenvalue weighted by molar-refractivity contribution is -0.152. The Kier molecular flexibility index (Phi) is 2.22. The van der Waals surface area contributed by atoms with Crippen LogP contribution >= 0.6 is 0 Å². The molecule has 0 aromatic heterocycles. The topological polar surface area (TPSA) is 26.3 Å². The predicted octanol–water partition coefficient (Wildman–Crippen LogP) is 2.46. The fourth-order valence-electron chi connectivity index (χ4n) is 2.89. The van der Waals surface area contributed by atoms with E-state index in [1.165, 1.54) is 0 Å². The van der Waals surface area contributed by atoms with Crippen molar-refractivity contribution in [2.75, 3.05) is 0 Å². The summed E-state index contributed by atoms with van der Waals surface area (Å²) in [4.78, 5) is 11.2. The molecule has 76 valence electrons. The molecule has 2 heteroatoms. The van der Waals surface area contributed by atoms with Gasteiger partial charge in [0.25, 0.3) is 0 Å². The molecule has 2 fully saturated rings. The van der Waals surface area contributed by atoms with Crippen molar-refractivity contribution in [1.82, 2.24) is 0 Å². The lowest BCUT2D eigenvalue weighted by atomic mass is 9.82. The second-order valence-corrected chi connectivity index (χ2v) is 4.19. The summed E-state index contributed by atoms with van der Waals surface area (Å²) in [5.41, 5.74) is -0.291. The van der Waals surface area contributed by atoms with Crippen LogP contribution in [0.2, 0.25) is 0 Å². The van der Waals surface area contributed by atoms with Gasteiger partial charge in [0, 0.05) is 18.3 Å². The van der Waals surface area contributed by atoms with Crippen LogP contribution in [-0.4, -0.2) is 11.6 Å². The highest BCUT2D eigenvalue weighted by Gasteiger charge is 2.53. The highest BCUT2D eigenvalue weighted by atomic mass is 16.6. The van der Waals surface area contributed by atoms with E-state index in [9.17, 15) is 4.79 Å². The van der Waals surface area contributed by atoms with Crippen LogP contribution in [0.15, 0.2) is 25.3 Å². The zero-order valence-electron chi connectivity index (χ0n) is 8.37. The molecule has 1 saturated carbocycles. The molecule has 2 rings (SSSR count). The third-order valence-corrected chi connectivity index (χ3v) is 3.64. The van der Waals surface area contributed by atoms with Gasteiger partial charge in [-0.25, -0.2) is 0 Å². The summed E-state index contributed by atoms with van der Waals surface area (Å²) in [6.45, 7) is 7.66. The van der Waals surface area contributed by atoms with E-state index < -0.39 is 0 Å². The van der Waals surface area contributed by atoms with Crippen molar-refractivity contribution in [2.24, 2.45) is 11.8 Å². The van der Waals surface area contributed by atoms with Gasteiger partial charge in [-0.05, 0) is 19.3 Å². The fraction of sp³-hybridized carbons (Fsp3) is 0.583. The van der Waals surface area contributed by atoms with Gasteiger partial charge < -0.3 is 4.74 Å². The smallest absolute Gasteiger partial charge is 0.306 e. The van der Waals surface area contributed by atoms with Crippen molar-refractivity contribution >= 4 is 5.97 Å². The standard InChI is InChI=1S/C12H16O2/c1-3-9-5-6-10(4-2)12(9)8-7-11(13)14-12/h3-4,9-10H,1-2,5-8H2. The Balaban J connectivity index is 2.30. The normalized spacial score (nSPS) is 41.3. The Morgan fingerprint density at radius 1 is 1.29 bits per heavy atom. The molecule has 0 bridgehead atoms. The molecule has 0 amide bonds. The summed E-state index contributed by atoms with van der Waals surface area (Å²) >= 11 is 0. The van der Waals surface area contributed by atoms with Crippen LogP contribution in [0.25, 0.3) is 0 Å². The van der Waals surface area contributed by atoms with Gasteiger partial charge in [0.05, 0.1) is 0 Å². The maximum Gasteiger partial charge on any atom is 0.306 e. The minimum atomic E-state index is -0.291. The van der Waals surface area contributed by atoms with E-state index >= 15 is 0 Å². The van der Waals surface area contributed by atoms with E-state index in [0.717, 1.165) is 19.3 Å². The van der Waals surface area contributed by atoms with Gasteiger partial charge in [-0.3, -0.25) is 4.79 Å². The summed E-state index contributed by atoms with van der Waals surface area (Å²) in [6, 6.07) is 0. The SMILES string of the molecule is C=CC1CCC(C=C)C12CCC(=O)O2. The van der Waals surface area contributed by atoms with Crippen molar-refractivity contribution in [3.05, 3.63) is 25.3 Å². The predicted molar refractivity (Wildman–Crippen MR) is 54.7 cm³/mol. The molecule has 1 aliphatic carbocycles. The van der Waals surface area contributed by atoms with Gasteiger partial charge in [0.2, 0.25) is 0 Å². The van der Waals surface area contributed by atoms with Gasteiger partial charge in [0.15, 0.2) is 0 Å². The van der Waals surface area contributed by atoms with E-state index in [1.807, 2.05) is 12.2 Å². The van der Waals surface area contributed by atoms with Crippen LogP contribution in [0.1, 0.15) is 25.7 Å². The van der Waals surface area contributed by atoms with Crippen molar-refractivity contribution < 1.29 is 9.53 Å². The summed E-state index contributed by atoms with van der Waals surface area (Å²) in [5, 5.41) is 0. The molecule has 2 atom stereocenters. The average molecular weight is 192 g/mol. The largest absolute Gasteiger partial charge is 0.458 e. The molecule has 1 aliphatic heterocycles. The molecule has 1 spiro atoms. The Morgan fingerprint density at radius 2 is 1.86 bits per heavy atom. The van der Waals surface area contributed by atoms with Crippen LogP contribution in [0.3, 0.4) is 0 Å². The van der Waals surface area contributed by atoms with Crippen LogP contribution in [0.5, 0.6) is 0 Å². The number of rotatable bonds is 2. The first-order chi connectivity index (χ1) is 6.73. The quantitative estimate of drug-likeness (QED) is 0.496. The Bertz CT molecular complexity index is 264. The number of esters is 1. The fourth-order valence-corrected chi connectivity index (χ4v) is 2.89. The van der Waals surface area contributed by atoms with E-state index in [2.05, 4.69) is 13.2 Å². The first-order valence-corrected chi connectivity index (χ1v) is 5.20. The average Bonchev–Trinajstić information content (AvgIpc) is 2.72. The lowest BCUT2D eigenvalue weighted by Gasteiger charge is -2.32. The van der Waals surface area contributed by atoms with Crippen molar-refractivity contribution in [1.29, 1.82) is 0 Å². The molecule has 2 nitrogen and oxygen atoms in total. The van der Waals surface area contributed by atoms with Crippen LogP contribution in [0.4, 0.5) is 0 Å². The Hall–Kier alpha value is -1.05. The van der Waals surface area contributed by atoms with E-state index in [-0.39, 0.29) is 11.6 Å². The molecule has 0 aromatic carbocycles. The second kappa shape index (κ2) is 3.26. The third kappa shape index (κ3) is 1.13. The van der Waals surface area contributed by atoms with E-state index in [4.69, 9.17) is 4.74 Å². The summed E-state index contributed by atoms with van der Waals surface area (Å²) in [6.07, 6.45) is 7.37. The minimum Gasteiger partial charge on any atom is -0.458 e. The van der Waals surface area contributed by atoms with Gasteiger partial charge in [0.1, 0.15) is 5.60 Å². The van der Waals surface area contributed by atoms with Gasteiger partial charge in [-0.1, -0.05) is 12.2 Å². The highest BCUT2D eigenvalue weighted by molar-refractivity contribution is 5.72. The van der Waals surface area contributed by atoms with Crippen LogP contribution in [-0.2, 0) is 9.53 Å². The van der Waals surface area contributed by atoms with Gasteiger partial charge in [-0.15, -0.1) is 13.2 Å². The number of ether oxygens (including phenoxy) is 1. The molecular formula is C12H16O2. The molecule has 2 unspecified atom stereocenters. The van der Waals surface area contributed by atoms with Crippen molar-refractivity contribution in [3.63, 3.8) is 0 Å². The first kappa shape index (κ1) is 9.50. The maximum atomic E-state index is 11.2. The lowest BCUT2D eigenvalue weighted by Crippen LogP contribution is -2.37. The molecule has 0 radical (unpaired) electrons. The van der Waals surface area contributed by atoms with Gasteiger partial charge in [-0.2, -0.15) is 0 Å². The number of hydrogen-bond acceptors (Lipinski definition) is 2. The maximum absolute atomic E-state index is 11.2. The van der Waals surface area contributed by atoms with Crippen LogP contribution < -0.4 is 0 Å².